The van der Waals surface area contributed by atoms with Crippen molar-refractivity contribution in [2.45, 2.75) is 6.10 Å². The number of halogens is 2. The molecule has 2 aromatic carbocycles. The predicted octanol–water partition coefficient (Wildman–Crippen LogP) is 3.90. The molecule has 1 unspecified atom stereocenters. The molecule has 100 valence electrons. The Balaban J connectivity index is 1.92. The van der Waals surface area contributed by atoms with Crippen molar-refractivity contribution >= 4 is 17.3 Å². The van der Waals surface area contributed by atoms with Gasteiger partial charge in [-0.05, 0) is 23.8 Å². The lowest BCUT2D eigenvalue weighted by Gasteiger charge is -2.28. The first-order valence-electron chi connectivity index (χ1n) is 6.07. The molecule has 20 heavy (non-hydrogen) atoms. The molecule has 0 saturated heterocycles. The fourth-order valence-electron chi connectivity index (χ4n) is 2.16. The molecule has 3 rings (SSSR count). The number of ether oxygens (including phenoxy) is 1. The van der Waals surface area contributed by atoms with E-state index in [-0.39, 0.29) is 11.1 Å². The van der Waals surface area contributed by atoms with E-state index < -0.39 is 5.82 Å². The summed E-state index contributed by atoms with van der Waals surface area (Å²) in [4.78, 5) is 0. The average Bonchev–Trinajstić information content (AvgIpc) is 2.48. The van der Waals surface area contributed by atoms with Gasteiger partial charge in [-0.2, -0.15) is 5.26 Å². The smallest absolute Gasteiger partial charge is 0.146 e. The summed E-state index contributed by atoms with van der Waals surface area (Å²) in [5.74, 6) is -0.0934. The molecule has 0 amide bonds. The van der Waals surface area contributed by atoms with Crippen LogP contribution in [0.1, 0.15) is 17.2 Å². The van der Waals surface area contributed by atoms with Gasteiger partial charge in [-0.15, -0.1) is 0 Å². The summed E-state index contributed by atoms with van der Waals surface area (Å²) in [5, 5.41) is 12.1. The molecule has 0 aliphatic carbocycles. The van der Waals surface area contributed by atoms with Crippen LogP contribution in [0.5, 0.6) is 5.75 Å². The first kappa shape index (κ1) is 12.8. The van der Waals surface area contributed by atoms with E-state index in [0.717, 1.165) is 5.56 Å². The Bertz CT molecular complexity index is 712. The third-order valence-electron chi connectivity index (χ3n) is 3.16. The maximum atomic E-state index is 13.5. The number of rotatable bonds is 1. The van der Waals surface area contributed by atoms with Gasteiger partial charge in [-0.1, -0.05) is 23.7 Å². The van der Waals surface area contributed by atoms with Crippen molar-refractivity contribution in [2.24, 2.45) is 0 Å². The highest BCUT2D eigenvalue weighted by atomic mass is 35.5. The SMILES string of the molecule is N#Cc1cccc(C2CNc3cc(Cl)c(F)cc3O2)c1. The van der Waals surface area contributed by atoms with Crippen molar-refractivity contribution in [1.29, 1.82) is 5.26 Å². The summed E-state index contributed by atoms with van der Waals surface area (Å²) >= 11 is 5.73. The molecule has 1 atom stereocenters. The quantitative estimate of drug-likeness (QED) is 0.865. The second-order valence-corrected chi connectivity index (χ2v) is 4.89. The Morgan fingerprint density at radius 3 is 3.00 bits per heavy atom. The Kier molecular flexibility index (Phi) is 3.21. The molecular formula is C15H10ClFN2O. The highest BCUT2D eigenvalue weighted by Crippen LogP contribution is 2.37. The molecule has 0 aromatic heterocycles. The monoisotopic (exact) mass is 288 g/mol. The predicted molar refractivity (Wildman–Crippen MR) is 74.4 cm³/mol. The lowest BCUT2D eigenvalue weighted by atomic mass is 10.0. The van der Waals surface area contributed by atoms with Crippen molar-refractivity contribution in [2.75, 3.05) is 11.9 Å². The van der Waals surface area contributed by atoms with E-state index in [1.165, 1.54) is 12.1 Å². The summed E-state index contributed by atoms with van der Waals surface area (Å²) in [6.45, 7) is 0.532. The third kappa shape index (κ3) is 2.28. The van der Waals surface area contributed by atoms with Gasteiger partial charge in [0, 0.05) is 6.07 Å². The molecule has 0 saturated carbocycles. The van der Waals surface area contributed by atoms with Gasteiger partial charge < -0.3 is 10.1 Å². The summed E-state index contributed by atoms with van der Waals surface area (Å²) in [5.41, 5.74) is 2.11. The molecule has 1 heterocycles. The van der Waals surface area contributed by atoms with E-state index in [2.05, 4.69) is 11.4 Å². The molecule has 1 aliphatic heterocycles. The molecular weight excluding hydrogens is 279 g/mol. The summed E-state index contributed by atoms with van der Waals surface area (Å²) < 4.78 is 19.3. The number of nitrogens with zero attached hydrogens (tertiary/aromatic N) is 1. The number of anilines is 1. The van der Waals surface area contributed by atoms with Crippen LogP contribution in [0.25, 0.3) is 0 Å². The first-order valence-corrected chi connectivity index (χ1v) is 6.45. The molecule has 1 aliphatic rings. The van der Waals surface area contributed by atoms with Crippen LogP contribution >= 0.6 is 11.6 Å². The zero-order valence-corrected chi connectivity index (χ0v) is 11.1. The molecule has 5 heteroatoms. The fraction of sp³-hybridized carbons (Fsp3) is 0.133. The number of fused-ring (bicyclic) bond motifs is 1. The minimum Gasteiger partial charge on any atom is -0.482 e. The molecule has 0 spiro atoms. The molecule has 0 fully saturated rings. The van der Waals surface area contributed by atoms with Gasteiger partial charge in [-0.25, -0.2) is 4.39 Å². The number of nitriles is 1. The van der Waals surface area contributed by atoms with E-state index in [4.69, 9.17) is 21.6 Å². The van der Waals surface area contributed by atoms with Gasteiger partial charge in [0.15, 0.2) is 0 Å². The van der Waals surface area contributed by atoms with Crippen LogP contribution in [0.2, 0.25) is 5.02 Å². The molecule has 2 aromatic rings. The maximum Gasteiger partial charge on any atom is 0.146 e. The zero-order chi connectivity index (χ0) is 14.1. The molecule has 0 bridgehead atoms. The van der Waals surface area contributed by atoms with Gasteiger partial charge >= 0.3 is 0 Å². The van der Waals surface area contributed by atoms with Crippen LogP contribution in [-0.2, 0) is 0 Å². The summed E-state index contributed by atoms with van der Waals surface area (Å²) in [7, 11) is 0. The van der Waals surface area contributed by atoms with Crippen LogP contribution in [0.4, 0.5) is 10.1 Å². The lowest BCUT2D eigenvalue weighted by molar-refractivity contribution is 0.209. The fourth-order valence-corrected chi connectivity index (χ4v) is 2.32. The second-order valence-electron chi connectivity index (χ2n) is 4.49. The number of nitrogens with one attached hydrogen (secondary N) is 1. The highest BCUT2D eigenvalue weighted by molar-refractivity contribution is 6.31. The van der Waals surface area contributed by atoms with E-state index >= 15 is 0 Å². The van der Waals surface area contributed by atoms with Crippen LogP contribution in [-0.4, -0.2) is 6.54 Å². The highest BCUT2D eigenvalue weighted by Gasteiger charge is 2.22. The molecule has 3 nitrogen and oxygen atoms in total. The van der Waals surface area contributed by atoms with Crippen molar-refractivity contribution in [3.05, 3.63) is 58.4 Å². The van der Waals surface area contributed by atoms with E-state index in [9.17, 15) is 4.39 Å². The van der Waals surface area contributed by atoms with Crippen molar-refractivity contribution < 1.29 is 9.13 Å². The van der Waals surface area contributed by atoms with Crippen molar-refractivity contribution in [3.63, 3.8) is 0 Å². The Labute approximate surface area is 120 Å². The Morgan fingerprint density at radius 2 is 2.20 bits per heavy atom. The summed E-state index contributed by atoms with van der Waals surface area (Å²) in [6, 6.07) is 12.0. The number of benzene rings is 2. The van der Waals surface area contributed by atoms with E-state index in [0.29, 0.717) is 23.5 Å². The van der Waals surface area contributed by atoms with Crippen LogP contribution < -0.4 is 10.1 Å². The van der Waals surface area contributed by atoms with Gasteiger partial charge in [-0.3, -0.25) is 0 Å². The number of hydrogen-bond donors (Lipinski definition) is 1. The minimum atomic E-state index is -0.515. The summed E-state index contributed by atoms with van der Waals surface area (Å²) in [6.07, 6.45) is -0.267. The van der Waals surface area contributed by atoms with E-state index in [1.807, 2.05) is 6.07 Å². The van der Waals surface area contributed by atoms with Gasteiger partial charge in [0.1, 0.15) is 17.7 Å². The number of hydrogen-bond acceptors (Lipinski definition) is 3. The molecule has 0 radical (unpaired) electrons. The first-order chi connectivity index (χ1) is 9.67. The average molecular weight is 289 g/mol. The van der Waals surface area contributed by atoms with Crippen LogP contribution in [0, 0.1) is 17.1 Å². The normalized spacial score (nSPS) is 16.6. The second kappa shape index (κ2) is 5.03. The topological polar surface area (TPSA) is 45.0 Å². The van der Waals surface area contributed by atoms with E-state index in [1.54, 1.807) is 18.2 Å². The van der Waals surface area contributed by atoms with Crippen molar-refractivity contribution in [1.82, 2.24) is 0 Å². The minimum absolute atomic E-state index is 0.0600. The third-order valence-corrected chi connectivity index (χ3v) is 3.45. The van der Waals surface area contributed by atoms with Crippen LogP contribution in [0.15, 0.2) is 36.4 Å². The lowest BCUT2D eigenvalue weighted by Crippen LogP contribution is -2.23. The van der Waals surface area contributed by atoms with Gasteiger partial charge in [0.25, 0.3) is 0 Å². The van der Waals surface area contributed by atoms with Gasteiger partial charge in [0.05, 0.1) is 28.9 Å². The standard InChI is InChI=1S/C15H10ClFN2O/c16-11-5-13-14(6-12(11)17)20-15(8-19-13)10-3-1-2-9(4-10)7-18/h1-6,15,19H,8H2. The zero-order valence-electron chi connectivity index (χ0n) is 10.4. The largest absolute Gasteiger partial charge is 0.482 e. The maximum absolute atomic E-state index is 13.5. The Hall–Kier alpha value is -2.25. The van der Waals surface area contributed by atoms with Gasteiger partial charge in [0.2, 0.25) is 0 Å². The van der Waals surface area contributed by atoms with Crippen LogP contribution in [0.3, 0.4) is 0 Å². The van der Waals surface area contributed by atoms with Crippen molar-refractivity contribution in [3.8, 4) is 11.8 Å². The Morgan fingerprint density at radius 1 is 1.35 bits per heavy atom. The molecule has 1 N–H and O–H groups in total.